The zero-order chi connectivity index (χ0) is 26.1. The molecule has 7 nitrogen and oxygen atoms in total. The number of amides is 2. The van der Waals surface area contributed by atoms with Gasteiger partial charge in [-0.05, 0) is 46.0 Å². The van der Waals surface area contributed by atoms with E-state index < -0.39 is 30.8 Å². The zero-order valence-electron chi connectivity index (χ0n) is 20.4. The van der Waals surface area contributed by atoms with Crippen LogP contribution in [-0.4, -0.2) is 57.2 Å². The second-order valence-corrected chi connectivity index (χ2v) is 10.8. The van der Waals surface area contributed by atoms with Gasteiger partial charge in [0.05, 0.1) is 16.0 Å². The predicted octanol–water partition coefficient (Wildman–Crippen LogP) is 3.89. The minimum Gasteiger partial charge on any atom is -0.408 e. The number of nitrogens with one attached hydrogen (secondary N) is 3. The second kappa shape index (κ2) is 14.2. The van der Waals surface area contributed by atoms with Crippen molar-refractivity contribution in [2.24, 2.45) is 5.92 Å². The second-order valence-electron chi connectivity index (χ2n) is 9.07. The van der Waals surface area contributed by atoms with Gasteiger partial charge in [-0.25, -0.2) is 4.39 Å². The van der Waals surface area contributed by atoms with Crippen LogP contribution in [0.4, 0.5) is 4.39 Å². The summed E-state index contributed by atoms with van der Waals surface area (Å²) in [5.74, 6) is -1.64. The van der Waals surface area contributed by atoms with E-state index in [1.807, 2.05) is 30.3 Å². The van der Waals surface area contributed by atoms with Crippen LogP contribution >= 0.6 is 31.9 Å². The van der Waals surface area contributed by atoms with Gasteiger partial charge in [0, 0.05) is 37.2 Å². The Labute approximate surface area is 228 Å². The van der Waals surface area contributed by atoms with Crippen LogP contribution in [0.2, 0.25) is 0 Å². The molecule has 194 valence electrons. The first kappa shape index (κ1) is 28.8. The first-order valence-corrected chi connectivity index (χ1v) is 13.6. The topological polar surface area (TPSA) is 88.7 Å². The van der Waals surface area contributed by atoms with Gasteiger partial charge >= 0.3 is 7.12 Å². The van der Waals surface area contributed by atoms with E-state index in [4.69, 9.17) is 9.31 Å². The van der Waals surface area contributed by atoms with Crippen LogP contribution < -0.4 is 16.0 Å². The third kappa shape index (κ3) is 8.66. The van der Waals surface area contributed by atoms with Crippen molar-refractivity contribution >= 4 is 50.8 Å². The summed E-state index contributed by atoms with van der Waals surface area (Å²) in [6, 6.07) is 11.3. The number of hydrogen-bond donors (Lipinski definition) is 3. The molecule has 3 N–H and O–H groups in total. The van der Waals surface area contributed by atoms with E-state index in [2.05, 4.69) is 61.7 Å². The standard InChI is InChI=1S/C25H31BBr2FN3O4/c1-16(2)12-22(26-35-10-8-30-9-11-36-26)32-25(34)21(13-17-6-4-3-5-7-17)31-24(33)19-14-18(27)15-20(29)23(19)28/h3-7,14-16,21-22,30H,8-13H2,1-2H3,(H,31,33)(H,32,34)/t21-,22-/m0/s1. The van der Waals surface area contributed by atoms with Crippen molar-refractivity contribution in [2.45, 2.75) is 38.7 Å². The van der Waals surface area contributed by atoms with Crippen LogP contribution in [0, 0.1) is 11.7 Å². The number of rotatable bonds is 9. The highest BCUT2D eigenvalue weighted by atomic mass is 79.9. The van der Waals surface area contributed by atoms with Crippen molar-refractivity contribution < 1.29 is 23.3 Å². The molecule has 1 saturated heterocycles. The molecular weight excluding hydrogens is 596 g/mol. The third-order valence-corrected chi connectivity index (χ3v) is 6.91. The Balaban J connectivity index is 1.83. The van der Waals surface area contributed by atoms with Crippen molar-refractivity contribution in [3.05, 3.63) is 68.4 Å². The lowest BCUT2D eigenvalue weighted by Gasteiger charge is -2.29. The number of halogens is 3. The Morgan fingerprint density at radius 1 is 1.08 bits per heavy atom. The fourth-order valence-electron chi connectivity index (χ4n) is 3.95. The van der Waals surface area contributed by atoms with Gasteiger partial charge in [0.2, 0.25) is 5.91 Å². The van der Waals surface area contributed by atoms with Crippen LogP contribution in [0.5, 0.6) is 0 Å². The summed E-state index contributed by atoms with van der Waals surface area (Å²) in [6.45, 7) is 6.45. The van der Waals surface area contributed by atoms with E-state index in [9.17, 15) is 14.0 Å². The van der Waals surface area contributed by atoms with E-state index in [1.165, 1.54) is 12.1 Å². The maximum atomic E-state index is 14.2. The molecule has 1 heterocycles. The molecule has 0 saturated carbocycles. The van der Waals surface area contributed by atoms with Gasteiger partial charge in [-0.1, -0.05) is 60.1 Å². The summed E-state index contributed by atoms with van der Waals surface area (Å²) < 4.78 is 26.5. The Hall–Kier alpha value is -1.79. The molecule has 2 aromatic rings. The predicted molar refractivity (Wildman–Crippen MR) is 145 cm³/mol. The van der Waals surface area contributed by atoms with E-state index in [0.717, 1.165) is 5.56 Å². The molecule has 1 aliphatic heterocycles. The highest BCUT2D eigenvalue weighted by Crippen LogP contribution is 2.25. The molecule has 1 fully saturated rings. The number of hydrogen-bond acceptors (Lipinski definition) is 5. The summed E-state index contributed by atoms with van der Waals surface area (Å²) in [6.07, 6.45) is 0.898. The first-order valence-electron chi connectivity index (χ1n) is 12.0. The van der Waals surface area contributed by atoms with Crippen LogP contribution in [0.1, 0.15) is 36.2 Å². The Morgan fingerprint density at radius 2 is 1.75 bits per heavy atom. The molecule has 1 aliphatic rings. The summed E-state index contributed by atoms with van der Waals surface area (Å²) in [4.78, 5) is 26.7. The summed E-state index contributed by atoms with van der Waals surface area (Å²) >= 11 is 6.37. The average Bonchev–Trinajstić information content (AvgIpc) is 2.80. The van der Waals surface area contributed by atoms with Crippen molar-refractivity contribution in [2.75, 3.05) is 26.3 Å². The summed E-state index contributed by atoms with van der Waals surface area (Å²) in [5.41, 5.74) is 0.966. The smallest absolute Gasteiger partial charge is 0.408 e. The number of carbonyl (C=O) groups excluding carboxylic acids is 2. The number of benzene rings is 2. The normalized spacial score (nSPS) is 16.1. The molecule has 0 aliphatic carbocycles. The van der Waals surface area contributed by atoms with E-state index in [-0.39, 0.29) is 28.3 Å². The molecule has 0 bridgehead atoms. The van der Waals surface area contributed by atoms with Crippen LogP contribution in [0.15, 0.2) is 51.4 Å². The fraction of sp³-hybridized carbons (Fsp3) is 0.440. The Kier molecular flexibility index (Phi) is 11.4. The van der Waals surface area contributed by atoms with Crippen LogP contribution in [0.3, 0.4) is 0 Å². The minimum atomic E-state index is -0.904. The van der Waals surface area contributed by atoms with Gasteiger partial charge in [-0.3, -0.25) is 9.59 Å². The van der Waals surface area contributed by atoms with Gasteiger partial charge < -0.3 is 25.3 Å². The zero-order valence-corrected chi connectivity index (χ0v) is 23.5. The molecular formula is C25H31BBr2FN3O4. The van der Waals surface area contributed by atoms with Crippen LogP contribution in [0.25, 0.3) is 0 Å². The van der Waals surface area contributed by atoms with Gasteiger partial charge in [0.25, 0.3) is 5.91 Å². The number of carbonyl (C=O) groups is 2. The average molecular weight is 627 g/mol. The maximum Gasteiger partial charge on any atom is 0.480 e. The highest BCUT2D eigenvalue weighted by molar-refractivity contribution is 9.11. The molecule has 2 atom stereocenters. The van der Waals surface area contributed by atoms with E-state index in [0.29, 0.717) is 37.2 Å². The molecule has 3 rings (SSSR count). The molecule has 2 aromatic carbocycles. The molecule has 0 radical (unpaired) electrons. The van der Waals surface area contributed by atoms with Gasteiger partial charge in [0.15, 0.2) is 0 Å². The van der Waals surface area contributed by atoms with Crippen molar-refractivity contribution in [1.82, 2.24) is 16.0 Å². The monoisotopic (exact) mass is 625 g/mol. The lowest BCUT2D eigenvalue weighted by molar-refractivity contribution is -0.123. The van der Waals surface area contributed by atoms with Gasteiger partial charge in [-0.2, -0.15) is 0 Å². The van der Waals surface area contributed by atoms with E-state index >= 15 is 0 Å². The van der Waals surface area contributed by atoms with Crippen molar-refractivity contribution in [3.8, 4) is 0 Å². The lowest BCUT2D eigenvalue weighted by atomic mass is 9.73. The fourth-order valence-corrected chi connectivity index (χ4v) is 4.78. The molecule has 2 amide bonds. The molecule has 0 unspecified atom stereocenters. The van der Waals surface area contributed by atoms with Crippen molar-refractivity contribution in [1.29, 1.82) is 0 Å². The SMILES string of the molecule is CC(C)C[C@H](NC(=O)[C@H](Cc1ccccc1)NC(=O)c1cc(Br)cc(F)c1Br)B1OCCNCCO1. The minimum absolute atomic E-state index is 0.0321. The Morgan fingerprint density at radius 3 is 2.39 bits per heavy atom. The first-order chi connectivity index (χ1) is 17.2. The molecule has 0 aromatic heterocycles. The molecule has 11 heteroatoms. The largest absolute Gasteiger partial charge is 0.480 e. The molecule has 0 spiro atoms. The Bertz CT molecular complexity index is 1020. The third-order valence-electron chi connectivity index (χ3n) is 5.65. The van der Waals surface area contributed by atoms with Crippen molar-refractivity contribution in [3.63, 3.8) is 0 Å². The summed E-state index contributed by atoms with van der Waals surface area (Å²) in [7, 11) is -0.597. The summed E-state index contributed by atoms with van der Waals surface area (Å²) in [5, 5.41) is 9.07. The van der Waals surface area contributed by atoms with E-state index in [1.54, 1.807) is 0 Å². The highest BCUT2D eigenvalue weighted by Gasteiger charge is 2.35. The lowest BCUT2D eigenvalue weighted by Crippen LogP contribution is -2.57. The van der Waals surface area contributed by atoms with Gasteiger partial charge in [0.1, 0.15) is 11.9 Å². The van der Waals surface area contributed by atoms with Gasteiger partial charge in [-0.15, -0.1) is 0 Å². The molecule has 36 heavy (non-hydrogen) atoms. The van der Waals surface area contributed by atoms with Crippen LogP contribution in [-0.2, 0) is 20.5 Å². The maximum absolute atomic E-state index is 14.2. The quantitative estimate of drug-likeness (QED) is 0.291.